The normalized spacial score (nSPS) is 14.5. The highest BCUT2D eigenvalue weighted by atomic mass is 32.2. The van der Waals surface area contributed by atoms with E-state index in [1.807, 2.05) is 48.5 Å². The lowest BCUT2D eigenvalue weighted by Crippen LogP contribution is -2.46. The minimum atomic E-state index is -4.01. The number of carbonyl (C=O) groups excluding carboxylic acids is 3. The SMILES string of the molecule is O=C(NCC(=O)N1CCC[C@H]1C(=O)OCc1ccccc1)c1ccc(S(=O)(=O)Nc2ccccc2Oc2ccccc2)cc1. The quantitative estimate of drug-likeness (QED) is 0.234. The summed E-state index contributed by atoms with van der Waals surface area (Å²) in [5, 5.41) is 2.56. The average molecular weight is 614 g/mol. The van der Waals surface area contributed by atoms with Gasteiger partial charge in [-0.2, -0.15) is 0 Å². The van der Waals surface area contributed by atoms with Gasteiger partial charge < -0.3 is 19.7 Å². The molecule has 4 aromatic rings. The first kappa shape index (κ1) is 30.3. The van der Waals surface area contributed by atoms with Crippen molar-refractivity contribution in [3.8, 4) is 11.5 Å². The standard InChI is InChI=1S/C33H31N3O7S/c37-31(36-21-9-15-29(36)33(39)42-23-24-10-3-1-4-11-24)22-34-32(38)25-17-19-27(20-18-25)44(40,41)35-28-14-7-8-16-30(28)43-26-12-5-2-6-13-26/h1-8,10-14,16-20,29,35H,9,15,21-23H2,(H,34,38)/t29-/m0/s1. The predicted molar refractivity (Wildman–Crippen MR) is 164 cm³/mol. The second-order valence-corrected chi connectivity index (χ2v) is 11.7. The highest BCUT2D eigenvalue weighted by Crippen LogP contribution is 2.31. The number of esters is 1. The zero-order valence-corrected chi connectivity index (χ0v) is 24.5. The molecule has 0 unspecified atom stereocenters. The fraction of sp³-hybridized carbons (Fsp3) is 0.182. The Balaban J connectivity index is 1.15. The van der Waals surface area contributed by atoms with Crippen molar-refractivity contribution in [2.75, 3.05) is 17.8 Å². The van der Waals surface area contributed by atoms with Gasteiger partial charge in [-0.1, -0.05) is 60.7 Å². The monoisotopic (exact) mass is 613 g/mol. The molecule has 0 bridgehead atoms. The summed E-state index contributed by atoms with van der Waals surface area (Å²) in [5.74, 6) is -0.564. The Morgan fingerprint density at radius 3 is 2.20 bits per heavy atom. The molecule has 11 heteroatoms. The molecule has 1 saturated heterocycles. The maximum atomic E-state index is 13.1. The summed E-state index contributed by atoms with van der Waals surface area (Å²) in [5.41, 5.74) is 1.27. The number of anilines is 1. The van der Waals surface area contributed by atoms with Gasteiger partial charge in [0.1, 0.15) is 18.4 Å². The lowest BCUT2D eigenvalue weighted by molar-refractivity contribution is -0.154. The number of rotatable bonds is 11. The molecule has 1 aliphatic rings. The van der Waals surface area contributed by atoms with Crippen LogP contribution >= 0.6 is 0 Å². The molecule has 1 atom stereocenters. The van der Waals surface area contributed by atoms with Crippen LogP contribution in [-0.4, -0.2) is 50.2 Å². The van der Waals surface area contributed by atoms with Crippen molar-refractivity contribution in [1.82, 2.24) is 10.2 Å². The number of amides is 2. The third-order valence-electron chi connectivity index (χ3n) is 7.00. The number of nitrogens with zero attached hydrogens (tertiary/aromatic N) is 1. The molecule has 0 aliphatic carbocycles. The Morgan fingerprint density at radius 2 is 1.48 bits per heavy atom. The van der Waals surface area contributed by atoms with Crippen LogP contribution in [0.3, 0.4) is 0 Å². The number of hydrogen-bond acceptors (Lipinski definition) is 7. The van der Waals surface area contributed by atoms with E-state index < -0.39 is 33.8 Å². The molecule has 2 N–H and O–H groups in total. The first-order valence-electron chi connectivity index (χ1n) is 14.0. The Labute approximate surface area is 255 Å². The van der Waals surface area contributed by atoms with Crippen molar-refractivity contribution >= 4 is 33.5 Å². The van der Waals surface area contributed by atoms with Crippen molar-refractivity contribution in [1.29, 1.82) is 0 Å². The molecule has 1 fully saturated rings. The van der Waals surface area contributed by atoms with Gasteiger partial charge in [-0.05, 0) is 66.9 Å². The zero-order chi connectivity index (χ0) is 30.9. The lowest BCUT2D eigenvalue weighted by atomic mass is 10.2. The van der Waals surface area contributed by atoms with E-state index in [4.69, 9.17) is 9.47 Å². The maximum absolute atomic E-state index is 13.1. The Bertz CT molecular complexity index is 1710. The molecule has 0 spiro atoms. The topological polar surface area (TPSA) is 131 Å². The van der Waals surface area contributed by atoms with Crippen LogP contribution in [0.5, 0.6) is 11.5 Å². The summed E-state index contributed by atoms with van der Waals surface area (Å²) >= 11 is 0. The highest BCUT2D eigenvalue weighted by Gasteiger charge is 2.35. The molecule has 4 aromatic carbocycles. The van der Waals surface area contributed by atoms with E-state index in [0.29, 0.717) is 30.9 Å². The molecular weight excluding hydrogens is 582 g/mol. The van der Waals surface area contributed by atoms with Gasteiger partial charge in [0.15, 0.2) is 5.75 Å². The predicted octanol–water partition coefficient (Wildman–Crippen LogP) is 4.74. The van der Waals surface area contributed by atoms with Crippen molar-refractivity contribution in [2.45, 2.75) is 30.4 Å². The number of hydrogen-bond donors (Lipinski definition) is 2. The van der Waals surface area contributed by atoms with Gasteiger partial charge in [0.25, 0.3) is 15.9 Å². The second-order valence-electron chi connectivity index (χ2n) is 10.1. The van der Waals surface area contributed by atoms with Crippen LogP contribution < -0.4 is 14.8 Å². The molecule has 5 rings (SSSR count). The number of para-hydroxylation sites is 3. The third-order valence-corrected chi connectivity index (χ3v) is 8.38. The van der Waals surface area contributed by atoms with Crippen LogP contribution in [0.25, 0.3) is 0 Å². The van der Waals surface area contributed by atoms with Gasteiger partial charge in [-0.3, -0.25) is 14.3 Å². The van der Waals surface area contributed by atoms with E-state index in [9.17, 15) is 22.8 Å². The molecule has 10 nitrogen and oxygen atoms in total. The first-order chi connectivity index (χ1) is 21.3. The number of sulfonamides is 1. The molecule has 44 heavy (non-hydrogen) atoms. The Hall–Kier alpha value is -5.16. The van der Waals surface area contributed by atoms with E-state index >= 15 is 0 Å². The number of benzene rings is 4. The average Bonchev–Trinajstić information content (AvgIpc) is 3.55. The zero-order valence-electron chi connectivity index (χ0n) is 23.7. The fourth-order valence-electron chi connectivity index (χ4n) is 4.74. The number of ether oxygens (including phenoxy) is 2. The molecule has 1 heterocycles. The van der Waals surface area contributed by atoms with Gasteiger partial charge in [0.05, 0.1) is 17.1 Å². The molecule has 2 amide bonds. The van der Waals surface area contributed by atoms with Gasteiger partial charge in [0, 0.05) is 12.1 Å². The summed E-state index contributed by atoms with van der Waals surface area (Å²) in [4.78, 5) is 39.7. The van der Waals surface area contributed by atoms with Crippen LogP contribution in [0, 0.1) is 0 Å². The Morgan fingerprint density at radius 1 is 0.818 bits per heavy atom. The van der Waals surface area contributed by atoms with E-state index in [1.54, 1.807) is 36.4 Å². The summed E-state index contributed by atoms with van der Waals surface area (Å²) in [7, 11) is -4.01. The fourth-order valence-corrected chi connectivity index (χ4v) is 5.81. The van der Waals surface area contributed by atoms with Crippen molar-refractivity contribution in [3.05, 3.63) is 120 Å². The maximum Gasteiger partial charge on any atom is 0.329 e. The van der Waals surface area contributed by atoms with Gasteiger partial charge in [-0.25, -0.2) is 13.2 Å². The lowest BCUT2D eigenvalue weighted by Gasteiger charge is -2.23. The molecule has 0 aromatic heterocycles. The van der Waals surface area contributed by atoms with Crippen LogP contribution in [-0.2, 0) is 31.0 Å². The van der Waals surface area contributed by atoms with Crippen LogP contribution in [0.1, 0.15) is 28.8 Å². The smallest absolute Gasteiger partial charge is 0.329 e. The molecular formula is C33H31N3O7S. The van der Waals surface area contributed by atoms with Crippen molar-refractivity contribution < 1.29 is 32.3 Å². The molecule has 226 valence electrons. The molecule has 0 saturated carbocycles. The third kappa shape index (κ3) is 7.61. The number of likely N-dealkylation sites (tertiary alicyclic amines) is 1. The summed E-state index contributed by atoms with van der Waals surface area (Å²) in [6.07, 6.45) is 1.14. The van der Waals surface area contributed by atoms with Gasteiger partial charge in [-0.15, -0.1) is 0 Å². The largest absolute Gasteiger partial charge is 0.459 e. The van der Waals surface area contributed by atoms with Crippen molar-refractivity contribution in [3.63, 3.8) is 0 Å². The first-order valence-corrected chi connectivity index (χ1v) is 15.5. The van der Waals surface area contributed by atoms with Crippen molar-refractivity contribution in [2.24, 2.45) is 0 Å². The summed E-state index contributed by atoms with van der Waals surface area (Å²) in [6, 6.07) is 29.5. The van der Waals surface area contributed by atoms with Crippen LogP contribution in [0.4, 0.5) is 5.69 Å². The summed E-state index contributed by atoms with van der Waals surface area (Å²) < 4.78 is 40.0. The van der Waals surface area contributed by atoms with E-state index in [-0.39, 0.29) is 29.3 Å². The number of nitrogens with one attached hydrogen (secondary N) is 2. The van der Waals surface area contributed by atoms with Crippen LogP contribution in [0.15, 0.2) is 114 Å². The van der Waals surface area contributed by atoms with E-state index in [1.165, 1.54) is 29.2 Å². The van der Waals surface area contributed by atoms with Crippen LogP contribution in [0.2, 0.25) is 0 Å². The van der Waals surface area contributed by atoms with Gasteiger partial charge >= 0.3 is 5.97 Å². The minimum Gasteiger partial charge on any atom is -0.459 e. The second kappa shape index (κ2) is 13.9. The highest BCUT2D eigenvalue weighted by molar-refractivity contribution is 7.92. The minimum absolute atomic E-state index is 0.0615. The van der Waals surface area contributed by atoms with E-state index in [2.05, 4.69) is 10.0 Å². The molecule has 1 aliphatic heterocycles. The summed E-state index contributed by atoms with van der Waals surface area (Å²) in [6.45, 7) is 0.185. The van der Waals surface area contributed by atoms with Gasteiger partial charge in [0.2, 0.25) is 5.91 Å². The number of carbonyl (C=O) groups is 3. The Kier molecular flexibility index (Phi) is 9.56. The van der Waals surface area contributed by atoms with E-state index in [0.717, 1.165) is 5.56 Å². The molecule has 0 radical (unpaired) electrons.